The third kappa shape index (κ3) is 2.83. The lowest BCUT2D eigenvalue weighted by atomic mass is 10.1. The fourth-order valence-corrected chi connectivity index (χ4v) is 1.99. The highest BCUT2D eigenvalue weighted by Gasteiger charge is 2.15. The SMILES string of the molecule is Cc1ncccc1C(=O)N(C)c1ccc(C(N)=S)cc1. The Balaban J connectivity index is 2.27. The highest BCUT2D eigenvalue weighted by molar-refractivity contribution is 7.80. The van der Waals surface area contributed by atoms with Crippen molar-refractivity contribution in [2.75, 3.05) is 11.9 Å². The molecule has 2 N–H and O–H groups in total. The van der Waals surface area contributed by atoms with Gasteiger partial charge in [0, 0.05) is 30.2 Å². The molecular weight excluding hydrogens is 270 g/mol. The number of anilines is 1. The Hall–Kier alpha value is -2.27. The molecule has 102 valence electrons. The van der Waals surface area contributed by atoms with Crippen molar-refractivity contribution >= 4 is 28.8 Å². The summed E-state index contributed by atoms with van der Waals surface area (Å²) in [4.78, 5) is 18.5. The van der Waals surface area contributed by atoms with Crippen LogP contribution in [0, 0.1) is 6.92 Å². The van der Waals surface area contributed by atoms with Crippen LogP contribution >= 0.6 is 12.2 Å². The first-order valence-corrected chi connectivity index (χ1v) is 6.51. The predicted octanol–water partition coefficient (Wildman–Crippen LogP) is 2.30. The smallest absolute Gasteiger partial charge is 0.259 e. The zero-order valence-electron chi connectivity index (χ0n) is 11.3. The number of carbonyl (C=O) groups is 1. The van der Waals surface area contributed by atoms with Gasteiger partial charge >= 0.3 is 0 Å². The second kappa shape index (κ2) is 5.79. The fraction of sp³-hybridized carbons (Fsp3) is 0.133. The summed E-state index contributed by atoms with van der Waals surface area (Å²) in [5, 5.41) is 0. The molecule has 2 rings (SSSR count). The molecule has 0 aliphatic rings. The number of hydrogen-bond acceptors (Lipinski definition) is 3. The zero-order valence-corrected chi connectivity index (χ0v) is 12.1. The lowest BCUT2D eigenvalue weighted by Gasteiger charge is -2.18. The van der Waals surface area contributed by atoms with E-state index in [0.717, 1.165) is 11.3 Å². The van der Waals surface area contributed by atoms with Gasteiger partial charge < -0.3 is 10.6 Å². The number of nitrogens with zero attached hydrogens (tertiary/aromatic N) is 2. The van der Waals surface area contributed by atoms with E-state index in [4.69, 9.17) is 18.0 Å². The highest BCUT2D eigenvalue weighted by Crippen LogP contribution is 2.17. The maximum Gasteiger partial charge on any atom is 0.259 e. The fourth-order valence-electron chi connectivity index (χ4n) is 1.86. The number of nitrogens with two attached hydrogens (primary N) is 1. The molecule has 0 aliphatic carbocycles. The lowest BCUT2D eigenvalue weighted by Crippen LogP contribution is -2.27. The quantitative estimate of drug-likeness (QED) is 0.879. The minimum atomic E-state index is -0.0984. The van der Waals surface area contributed by atoms with Crippen molar-refractivity contribution in [2.24, 2.45) is 5.73 Å². The van der Waals surface area contributed by atoms with Crippen LogP contribution in [-0.2, 0) is 0 Å². The van der Waals surface area contributed by atoms with Gasteiger partial charge in [-0.3, -0.25) is 9.78 Å². The van der Waals surface area contributed by atoms with E-state index in [9.17, 15) is 4.79 Å². The van der Waals surface area contributed by atoms with Gasteiger partial charge in [-0.25, -0.2) is 0 Å². The second-order valence-electron chi connectivity index (χ2n) is 4.41. The first kappa shape index (κ1) is 14.1. The van der Waals surface area contributed by atoms with Crippen LogP contribution in [0.15, 0.2) is 42.6 Å². The van der Waals surface area contributed by atoms with E-state index in [0.29, 0.717) is 16.2 Å². The molecule has 0 atom stereocenters. The molecule has 0 bridgehead atoms. The summed E-state index contributed by atoms with van der Waals surface area (Å²) in [6, 6.07) is 10.8. The summed E-state index contributed by atoms with van der Waals surface area (Å²) in [5.74, 6) is -0.0984. The number of carbonyl (C=O) groups excluding carboxylic acids is 1. The maximum atomic E-state index is 12.4. The van der Waals surface area contributed by atoms with Crippen LogP contribution in [0.2, 0.25) is 0 Å². The average molecular weight is 285 g/mol. The Morgan fingerprint density at radius 3 is 2.45 bits per heavy atom. The molecule has 20 heavy (non-hydrogen) atoms. The highest BCUT2D eigenvalue weighted by atomic mass is 32.1. The maximum absolute atomic E-state index is 12.4. The van der Waals surface area contributed by atoms with Gasteiger partial charge in [0.2, 0.25) is 0 Å². The van der Waals surface area contributed by atoms with Crippen LogP contribution in [0.3, 0.4) is 0 Å². The summed E-state index contributed by atoms with van der Waals surface area (Å²) in [6.07, 6.45) is 1.67. The molecule has 1 aromatic heterocycles. The predicted molar refractivity (Wildman–Crippen MR) is 84.0 cm³/mol. The van der Waals surface area contributed by atoms with Gasteiger partial charge in [-0.05, 0) is 43.3 Å². The summed E-state index contributed by atoms with van der Waals surface area (Å²) >= 11 is 4.91. The first-order chi connectivity index (χ1) is 9.50. The lowest BCUT2D eigenvalue weighted by molar-refractivity contribution is 0.0992. The average Bonchev–Trinajstić information content (AvgIpc) is 2.46. The van der Waals surface area contributed by atoms with Gasteiger partial charge in [-0.15, -0.1) is 0 Å². The van der Waals surface area contributed by atoms with Crippen LogP contribution in [0.1, 0.15) is 21.6 Å². The Morgan fingerprint density at radius 1 is 1.25 bits per heavy atom. The third-order valence-corrected chi connectivity index (χ3v) is 3.32. The van der Waals surface area contributed by atoms with Crippen LogP contribution in [-0.4, -0.2) is 22.9 Å². The number of aryl methyl sites for hydroxylation is 1. The van der Waals surface area contributed by atoms with Crippen molar-refractivity contribution in [3.8, 4) is 0 Å². The summed E-state index contributed by atoms with van der Waals surface area (Å²) in [7, 11) is 1.73. The molecule has 0 spiro atoms. The number of benzene rings is 1. The topological polar surface area (TPSA) is 59.2 Å². The van der Waals surface area contributed by atoms with Crippen LogP contribution in [0.5, 0.6) is 0 Å². The molecule has 0 radical (unpaired) electrons. The van der Waals surface area contributed by atoms with E-state index in [2.05, 4.69) is 4.98 Å². The van der Waals surface area contributed by atoms with E-state index in [1.807, 2.05) is 19.1 Å². The first-order valence-electron chi connectivity index (χ1n) is 6.10. The largest absolute Gasteiger partial charge is 0.389 e. The van der Waals surface area contributed by atoms with Gasteiger partial charge in [0.15, 0.2) is 0 Å². The number of pyridine rings is 1. The van der Waals surface area contributed by atoms with Crippen molar-refractivity contribution in [3.05, 3.63) is 59.4 Å². The Morgan fingerprint density at radius 2 is 1.90 bits per heavy atom. The number of thiocarbonyl (C=S) groups is 1. The van der Waals surface area contributed by atoms with Gasteiger partial charge in [-0.1, -0.05) is 12.2 Å². The number of amides is 1. The van der Waals surface area contributed by atoms with E-state index in [-0.39, 0.29) is 5.91 Å². The van der Waals surface area contributed by atoms with Gasteiger partial charge in [0.25, 0.3) is 5.91 Å². The molecule has 0 saturated heterocycles. The Bertz CT molecular complexity index is 652. The standard InChI is InChI=1S/C15H15N3OS/c1-10-13(4-3-9-17-10)15(19)18(2)12-7-5-11(6-8-12)14(16)20/h3-9H,1-2H3,(H2,16,20). The van der Waals surface area contributed by atoms with Gasteiger partial charge in [-0.2, -0.15) is 0 Å². The van der Waals surface area contributed by atoms with Gasteiger partial charge in [0.1, 0.15) is 4.99 Å². The summed E-state index contributed by atoms with van der Waals surface area (Å²) < 4.78 is 0. The molecule has 0 saturated carbocycles. The summed E-state index contributed by atoms with van der Waals surface area (Å²) in [5.41, 5.74) is 8.41. The van der Waals surface area contributed by atoms with Crippen LogP contribution in [0.25, 0.3) is 0 Å². The minimum absolute atomic E-state index is 0.0984. The van der Waals surface area contributed by atoms with E-state index in [1.54, 1.807) is 42.4 Å². The van der Waals surface area contributed by atoms with Crippen molar-refractivity contribution < 1.29 is 4.79 Å². The van der Waals surface area contributed by atoms with Crippen molar-refractivity contribution in [2.45, 2.75) is 6.92 Å². The monoisotopic (exact) mass is 285 g/mol. The van der Waals surface area contributed by atoms with Crippen LogP contribution in [0.4, 0.5) is 5.69 Å². The second-order valence-corrected chi connectivity index (χ2v) is 4.85. The third-order valence-electron chi connectivity index (χ3n) is 3.08. The normalized spacial score (nSPS) is 10.1. The molecule has 0 aliphatic heterocycles. The van der Waals surface area contributed by atoms with E-state index in [1.165, 1.54) is 0 Å². The van der Waals surface area contributed by atoms with Crippen molar-refractivity contribution in [1.29, 1.82) is 0 Å². The molecule has 0 fully saturated rings. The molecule has 0 unspecified atom stereocenters. The van der Waals surface area contributed by atoms with Crippen molar-refractivity contribution in [1.82, 2.24) is 4.98 Å². The Kier molecular flexibility index (Phi) is 4.10. The number of rotatable bonds is 3. The summed E-state index contributed by atoms with van der Waals surface area (Å²) in [6.45, 7) is 1.82. The molecule has 5 heteroatoms. The minimum Gasteiger partial charge on any atom is -0.389 e. The van der Waals surface area contributed by atoms with E-state index < -0.39 is 0 Å². The number of hydrogen-bond donors (Lipinski definition) is 1. The molecule has 1 heterocycles. The number of aromatic nitrogens is 1. The zero-order chi connectivity index (χ0) is 14.7. The molecular formula is C15H15N3OS. The van der Waals surface area contributed by atoms with E-state index >= 15 is 0 Å². The molecule has 1 aromatic carbocycles. The molecule has 2 aromatic rings. The van der Waals surface area contributed by atoms with Gasteiger partial charge in [0.05, 0.1) is 5.56 Å². The molecule has 4 nitrogen and oxygen atoms in total. The van der Waals surface area contributed by atoms with Crippen molar-refractivity contribution in [3.63, 3.8) is 0 Å². The molecule has 1 amide bonds. The van der Waals surface area contributed by atoms with Crippen LogP contribution < -0.4 is 10.6 Å². The Labute approximate surface area is 123 Å².